The molecular weight excluding hydrogens is 525 g/mol. The fraction of sp³-hybridized carbons (Fsp3) is 0.136. The smallest absolute Gasteiger partial charge is 0.318 e. The van der Waals surface area contributed by atoms with E-state index in [1.165, 1.54) is 6.21 Å². The van der Waals surface area contributed by atoms with E-state index in [9.17, 15) is 22.8 Å². The number of hydrogen-bond donors (Lipinski definition) is 2. The molecule has 1 heterocycles. The molecule has 2 N–H and O–H groups in total. The van der Waals surface area contributed by atoms with Crippen molar-refractivity contribution in [1.82, 2.24) is 9.99 Å². The molecule has 0 fully saturated rings. The molecule has 0 radical (unpaired) electrons. The number of anilines is 1. The minimum atomic E-state index is -4.70. The molecule has 3 aromatic rings. The molecule has 2 amide bonds. The van der Waals surface area contributed by atoms with Crippen molar-refractivity contribution in [2.75, 3.05) is 5.32 Å². The maximum Gasteiger partial charge on any atom is 0.417 e. The molecule has 0 saturated heterocycles. The fourth-order valence-corrected chi connectivity index (χ4v) is 3.61. The predicted octanol–water partition coefficient (Wildman–Crippen LogP) is 5.62. The summed E-state index contributed by atoms with van der Waals surface area (Å²) >= 11 is 8.94. The molecule has 0 aliphatic carbocycles. The van der Waals surface area contributed by atoms with E-state index in [4.69, 9.17) is 11.6 Å². The van der Waals surface area contributed by atoms with Crippen LogP contribution >= 0.6 is 27.5 Å². The van der Waals surface area contributed by atoms with Gasteiger partial charge in [-0.15, -0.1) is 0 Å². The summed E-state index contributed by atoms with van der Waals surface area (Å²) in [6.45, 7) is 3.80. The SMILES string of the molecule is Cc1cc(/C=N\NC(=O)C(=O)Nc2ccc(Cl)c(C(F)(F)F)c2)c(C)n1-c1ccc(Br)cc1. The monoisotopic (exact) mass is 540 g/mol. The number of alkyl halides is 3. The third kappa shape index (κ3) is 5.82. The molecule has 1 aromatic heterocycles. The number of carbonyl (C=O) groups is 2. The second-order valence-corrected chi connectivity index (χ2v) is 8.31. The van der Waals surface area contributed by atoms with Gasteiger partial charge in [-0.2, -0.15) is 18.3 Å². The van der Waals surface area contributed by atoms with Gasteiger partial charge in [0.25, 0.3) is 0 Å². The number of carbonyl (C=O) groups excluding carboxylic acids is 2. The number of hydrogen-bond acceptors (Lipinski definition) is 3. The quantitative estimate of drug-likeness (QED) is 0.256. The van der Waals surface area contributed by atoms with Crippen LogP contribution in [0.4, 0.5) is 18.9 Å². The first-order valence-electron chi connectivity index (χ1n) is 9.43. The second-order valence-electron chi connectivity index (χ2n) is 6.98. The molecule has 0 aliphatic heterocycles. The third-order valence-corrected chi connectivity index (χ3v) is 5.52. The Bertz CT molecular complexity index is 1240. The van der Waals surface area contributed by atoms with E-state index >= 15 is 0 Å². The Balaban J connectivity index is 1.68. The van der Waals surface area contributed by atoms with Crippen LogP contribution in [0, 0.1) is 13.8 Å². The molecule has 0 aliphatic rings. The van der Waals surface area contributed by atoms with Crippen LogP contribution in [-0.2, 0) is 15.8 Å². The first-order chi connectivity index (χ1) is 15.5. The van der Waals surface area contributed by atoms with E-state index in [0.717, 1.165) is 33.7 Å². The maximum atomic E-state index is 12.9. The Morgan fingerprint density at radius 3 is 2.36 bits per heavy atom. The van der Waals surface area contributed by atoms with Gasteiger partial charge in [0, 0.05) is 32.8 Å². The maximum absolute atomic E-state index is 12.9. The van der Waals surface area contributed by atoms with Crippen molar-refractivity contribution in [3.8, 4) is 5.69 Å². The average molecular weight is 542 g/mol. The predicted molar refractivity (Wildman–Crippen MR) is 124 cm³/mol. The molecule has 0 unspecified atom stereocenters. The largest absolute Gasteiger partial charge is 0.417 e. The van der Waals surface area contributed by atoms with Crippen LogP contribution in [-0.4, -0.2) is 22.6 Å². The van der Waals surface area contributed by atoms with Crippen molar-refractivity contribution < 1.29 is 22.8 Å². The number of aryl methyl sites for hydroxylation is 1. The summed E-state index contributed by atoms with van der Waals surface area (Å²) in [6.07, 6.45) is -3.32. The second kappa shape index (κ2) is 9.80. The third-order valence-electron chi connectivity index (χ3n) is 4.66. The van der Waals surface area contributed by atoms with Crippen LogP contribution in [0.1, 0.15) is 22.5 Å². The number of nitrogens with zero attached hydrogens (tertiary/aromatic N) is 2. The van der Waals surface area contributed by atoms with Crippen LogP contribution in [0.25, 0.3) is 5.69 Å². The summed E-state index contributed by atoms with van der Waals surface area (Å²) in [5.74, 6) is -2.32. The normalized spacial score (nSPS) is 11.6. The van der Waals surface area contributed by atoms with Gasteiger partial charge in [0.15, 0.2) is 0 Å². The van der Waals surface area contributed by atoms with Crippen molar-refractivity contribution in [2.24, 2.45) is 5.10 Å². The van der Waals surface area contributed by atoms with Crippen LogP contribution in [0.15, 0.2) is 58.1 Å². The molecule has 11 heteroatoms. The first-order valence-corrected chi connectivity index (χ1v) is 10.6. The number of rotatable bonds is 4. The lowest BCUT2D eigenvalue weighted by atomic mass is 10.2. The fourth-order valence-electron chi connectivity index (χ4n) is 3.13. The van der Waals surface area contributed by atoms with Crippen LogP contribution in [0.2, 0.25) is 5.02 Å². The van der Waals surface area contributed by atoms with Crippen LogP contribution in [0.3, 0.4) is 0 Å². The van der Waals surface area contributed by atoms with Crippen molar-refractivity contribution in [3.05, 3.63) is 80.5 Å². The van der Waals surface area contributed by atoms with Gasteiger partial charge in [-0.05, 0) is 62.4 Å². The van der Waals surface area contributed by atoms with E-state index in [-0.39, 0.29) is 5.69 Å². The van der Waals surface area contributed by atoms with E-state index in [1.807, 2.05) is 48.7 Å². The highest BCUT2D eigenvalue weighted by Gasteiger charge is 2.33. The van der Waals surface area contributed by atoms with Gasteiger partial charge in [-0.3, -0.25) is 9.59 Å². The minimum absolute atomic E-state index is 0.228. The Labute approximate surface area is 200 Å². The van der Waals surface area contributed by atoms with Gasteiger partial charge in [0.05, 0.1) is 16.8 Å². The molecule has 0 spiro atoms. The molecule has 3 rings (SSSR count). The Morgan fingerprint density at radius 1 is 1.06 bits per heavy atom. The van der Waals surface area contributed by atoms with Gasteiger partial charge in [-0.25, -0.2) is 5.43 Å². The zero-order chi connectivity index (χ0) is 24.3. The summed E-state index contributed by atoms with van der Waals surface area (Å²) in [7, 11) is 0. The highest BCUT2D eigenvalue weighted by atomic mass is 79.9. The van der Waals surface area contributed by atoms with Gasteiger partial charge >= 0.3 is 18.0 Å². The number of halogens is 5. The number of hydrazone groups is 1. The Hall–Kier alpha value is -3.11. The average Bonchev–Trinajstić information content (AvgIpc) is 3.02. The van der Waals surface area contributed by atoms with Gasteiger partial charge in [0.2, 0.25) is 0 Å². The summed E-state index contributed by atoms with van der Waals surface area (Å²) in [4.78, 5) is 24.0. The topological polar surface area (TPSA) is 75.5 Å². The molecular formula is C22H17BrClF3N4O2. The van der Waals surface area contributed by atoms with E-state index < -0.39 is 28.6 Å². The number of amides is 2. The van der Waals surface area contributed by atoms with Gasteiger partial charge < -0.3 is 9.88 Å². The molecule has 172 valence electrons. The number of nitrogens with one attached hydrogen (secondary N) is 2. The lowest BCUT2D eigenvalue weighted by Crippen LogP contribution is -2.32. The highest BCUT2D eigenvalue weighted by Crippen LogP contribution is 2.36. The molecule has 0 bridgehead atoms. The zero-order valence-electron chi connectivity index (χ0n) is 17.3. The lowest BCUT2D eigenvalue weighted by Gasteiger charge is -2.11. The Kier molecular flexibility index (Phi) is 7.28. The number of aromatic nitrogens is 1. The van der Waals surface area contributed by atoms with Crippen molar-refractivity contribution in [3.63, 3.8) is 0 Å². The van der Waals surface area contributed by atoms with Gasteiger partial charge in [-0.1, -0.05) is 27.5 Å². The van der Waals surface area contributed by atoms with Crippen molar-refractivity contribution in [2.45, 2.75) is 20.0 Å². The van der Waals surface area contributed by atoms with E-state index in [2.05, 4.69) is 31.8 Å². The standard InChI is InChI=1S/C22H17BrClF3N4O2/c1-12-9-14(13(2)31(12)17-6-3-15(23)4-7-17)11-28-30-21(33)20(32)29-16-5-8-19(24)18(10-16)22(25,26)27/h3-11H,1-2H3,(H,29,32)(H,30,33)/b28-11-. The summed E-state index contributed by atoms with van der Waals surface area (Å²) in [6, 6.07) is 12.4. The van der Waals surface area contributed by atoms with Gasteiger partial charge in [0.1, 0.15) is 0 Å². The van der Waals surface area contributed by atoms with Crippen molar-refractivity contribution >= 4 is 51.2 Å². The van der Waals surface area contributed by atoms with Crippen LogP contribution in [0.5, 0.6) is 0 Å². The summed E-state index contributed by atoms with van der Waals surface area (Å²) < 4.78 is 41.8. The lowest BCUT2D eigenvalue weighted by molar-refractivity contribution is -0.137. The first kappa shape index (κ1) is 24.5. The summed E-state index contributed by atoms with van der Waals surface area (Å²) in [5.41, 5.74) is 4.16. The molecule has 6 nitrogen and oxygen atoms in total. The Morgan fingerprint density at radius 2 is 1.73 bits per heavy atom. The summed E-state index contributed by atoms with van der Waals surface area (Å²) in [5, 5.41) is 5.36. The zero-order valence-corrected chi connectivity index (χ0v) is 19.6. The molecule has 33 heavy (non-hydrogen) atoms. The molecule has 0 saturated carbocycles. The van der Waals surface area contributed by atoms with E-state index in [1.54, 1.807) is 0 Å². The van der Waals surface area contributed by atoms with E-state index in [0.29, 0.717) is 11.6 Å². The minimum Gasteiger partial charge on any atom is -0.318 e. The van der Waals surface area contributed by atoms with Crippen LogP contribution < -0.4 is 10.7 Å². The van der Waals surface area contributed by atoms with Crippen molar-refractivity contribution in [1.29, 1.82) is 0 Å². The molecule has 2 aromatic carbocycles. The highest BCUT2D eigenvalue weighted by molar-refractivity contribution is 9.10. The number of benzene rings is 2. The molecule has 0 atom stereocenters.